The van der Waals surface area contributed by atoms with Gasteiger partial charge >= 0.3 is 0 Å². The molecule has 2 aromatic heterocycles. The van der Waals surface area contributed by atoms with E-state index in [-0.39, 0.29) is 25.9 Å². The fourth-order valence-electron chi connectivity index (χ4n) is 2.36. The van der Waals surface area contributed by atoms with Crippen LogP contribution in [0.4, 0.5) is 4.39 Å². The fourth-order valence-corrected chi connectivity index (χ4v) is 2.36. The average Bonchev–Trinajstić information content (AvgIpc) is 2.88. The summed E-state index contributed by atoms with van der Waals surface area (Å²) < 4.78 is 15.3. The second-order valence-electron chi connectivity index (χ2n) is 4.15. The standard InChI is InChI=1S/C14H7FN3.Ir/c15-9-5-6-11-12(7-9)10-3-1-2-4-13(10)18-8-16-17-14(11)18;/h1-5,7-8H;/q-1;. The number of para-hydroxylation sites is 1. The number of halogens is 1. The van der Waals surface area contributed by atoms with Gasteiger partial charge in [0, 0.05) is 31.4 Å². The van der Waals surface area contributed by atoms with E-state index in [1.54, 1.807) is 6.33 Å². The summed E-state index contributed by atoms with van der Waals surface area (Å²) >= 11 is 0. The average molecular weight is 428 g/mol. The van der Waals surface area contributed by atoms with Gasteiger partial charge in [-0.1, -0.05) is 29.0 Å². The van der Waals surface area contributed by atoms with Crippen molar-refractivity contribution in [3.8, 4) is 0 Å². The maximum absolute atomic E-state index is 13.4. The summed E-state index contributed by atoms with van der Waals surface area (Å²) in [5.74, 6) is -0.295. The van der Waals surface area contributed by atoms with Crippen LogP contribution in [0.15, 0.2) is 42.7 Å². The van der Waals surface area contributed by atoms with E-state index in [9.17, 15) is 4.39 Å². The molecule has 0 bridgehead atoms. The number of pyridine rings is 1. The van der Waals surface area contributed by atoms with Crippen molar-refractivity contribution in [1.82, 2.24) is 14.6 Å². The maximum atomic E-state index is 13.4. The Hall–Kier alpha value is -1.84. The zero-order valence-corrected chi connectivity index (χ0v) is 12.0. The molecule has 5 heteroatoms. The van der Waals surface area contributed by atoms with Gasteiger partial charge in [-0.05, 0) is 11.5 Å². The molecule has 4 rings (SSSR count). The summed E-state index contributed by atoms with van der Waals surface area (Å²) in [6, 6.07) is 13.6. The number of fused-ring (bicyclic) bond motifs is 6. The minimum Gasteiger partial charge on any atom is -0.323 e. The summed E-state index contributed by atoms with van der Waals surface area (Å²) in [6.07, 6.45) is 1.66. The number of benzene rings is 2. The first kappa shape index (κ1) is 12.2. The third-order valence-corrected chi connectivity index (χ3v) is 3.13. The molecule has 2 aromatic carbocycles. The van der Waals surface area contributed by atoms with Crippen molar-refractivity contribution in [1.29, 1.82) is 0 Å². The van der Waals surface area contributed by atoms with E-state index in [4.69, 9.17) is 0 Å². The van der Waals surface area contributed by atoms with Crippen molar-refractivity contribution in [3.05, 3.63) is 54.6 Å². The third-order valence-electron chi connectivity index (χ3n) is 3.13. The van der Waals surface area contributed by atoms with Crippen LogP contribution in [0.2, 0.25) is 0 Å². The molecular formula is C14H7FIrN3-. The van der Waals surface area contributed by atoms with Crippen LogP contribution in [-0.4, -0.2) is 14.6 Å². The normalized spacial score (nSPS) is 11.0. The van der Waals surface area contributed by atoms with Gasteiger partial charge in [-0.2, -0.15) is 5.10 Å². The Morgan fingerprint density at radius 3 is 2.89 bits per heavy atom. The largest absolute Gasteiger partial charge is 0.323 e. The first-order chi connectivity index (χ1) is 8.84. The van der Waals surface area contributed by atoms with Crippen molar-refractivity contribution in [2.45, 2.75) is 0 Å². The fraction of sp³-hybridized carbons (Fsp3) is 0. The molecule has 0 atom stereocenters. The Morgan fingerprint density at radius 1 is 1.16 bits per heavy atom. The molecule has 0 saturated heterocycles. The van der Waals surface area contributed by atoms with Gasteiger partial charge in [0.25, 0.3) is 0 Å². The van der Waals surface area contributed by atoms with Gasteiger partial charge in [0.1, 0.15) is 6.33 Å². The van der Waals surface area contributed by atoms with Crippen LogP contribution in [0, 0.1) is 11.9 Å². The summed E-state index contributed by atoms with van der Waals surface area (Å²) in [5.41, 5.74) is 1.66. The van der Waals surface area contributed by atoms with E-state index in [0.29, 0.717) is 5.65 Å². The summed E-state index contributed by atoms with van der Waals surface area (Å²) in [7, 11) is 0. The van der Waals surface area contributed by atoms with E-state index >= 15 is 0 Å². The van der Waals surface area contributed by atoms with E-state index < -0.39 is 0 Å². The Kier molecular flexibility index (Phi) is 2.81. The van der Waals surface area contributed by atoms with Crippen molar-refractivity contribution in [3.63, 3.8) is 0 Å². The van der Waals surface area contributed by atoms with Crippen LogP contribution < -0.4 is 0 Å². The first-order valence-corrected chi connectivity index (χ1v) is 5.56. The minimum atomic E-state index is -0.295. The molecule has 0 unspecified atom stereocenters. The molecule has 0 spiro atoms. The van der Waals surface area contributed by atoms with Crippen molar-refractivity contribution in [2.75, 3.05) is 0 Å². The number of nitrogens with zero attached hydrogens (tertiary/aromatic N) is 3. The van der Waals surface area contributed by atoms with E-state index in [1.165, 1.54) is 12.1 Å². The number of hydrogen-bond acceptors (Lipinski definition) is 2. The Morgan fingerprint density at radius 2 is 2.00 bits per heavy atom. The Labute approximate surface area is 121 Å². The van der Waals surface area contributed by atoms with Gasteiger partial charge in [0.2, 0.25) is 0 Å². The Bertz CT molecular complexity index is 901. The predicted molar refractivity (Wildman–Crippen MR) is 66.8 cm³/mol. The molecule has 0 amide bonds. The van der Waals surface area contributed by atoms with Crippen LogP contribution >= 0.6 is 0 Å². The molecule has 4 aromatic rings. The van der Waals surface area contributed by atoms with Crippen molar-refractivity contribution < 1.29 is 24.5 Å². The predicted octanol–water partition coefficient (Wildman–Crippen LogP) is 2.97. The molecule has 2 heterocycles. The minimum absolute atomic E-state index is 0. The molecule has 0 saturated carbocycles. The first-order valence-electron chi connectivity index (χ1n) is 5.56. The molecule has 3 nitrogen and oxygen atoms in total. The smallest absolute Gasteiger partial charge is 0.114 e. The van der Waals surface area contributed by atoms with Gasteiger partial charge in [-0.15, -0.1) is 23.3 Å². The molecule has 0 aliphatic heterocycles. The molecule has 19 heavy (non-hydrogen) atoms. The second kappa shape index (κ2) is 4.37. The summed E-state index contributed by atoms with van der Waals surface area (Å²) in [4.78, 5) is 0. The van der Waals surface area contributed by atoms with Crippen molar-refractivity contribution >= 4 is 27.3 Å². The summed E-state index contributed by atoms with van der Waals surface area (Å²) in [5, 5.41) is 10.6. The van der Waals surface area contributed by atoms with Crippen LogP contribution in [0.3, 0.4) is 0 Å². The molecule has 0 N–H and O–H groups in total. The molecule has 1 radical (unpaired) electrons. The van der Waals surface area contributed by atoms with E-state index in [2.05, 4.69) is 16.3 Å². The topological polar surface area (TPSA) is 30.2 Å². The SMILES string of the molecule is Fc1c[c-]c2c(c1)c1ccccc1n1cnnc21.[Ir]. The Balaban J connectivity index is 0.00000110. The van der Waals surface area contributed by atoms with Gasteiger partial charge in [0.15, 0.2) is 0 Å². The van der Waals surface area contributed by atoms with Gasteiger partial charge in [0.05, 0.1) is 5.65 Å². The van der Waals surface area contributed by atoms with E-state index in [1.807, 2.05) is 28.7 Å². The molecule has 0 fully saturated rings. The van der Waals surface area contributed by atoms with Gasteiger partial charge < -0.3 is 4.40 Å². The number of hydrogen-bond donors (Lipinski definition) is 0. The molecule has 95 valence electrons. The third kappa shape index (κ3) is 1.66. The monoisotopic (exact) mass is 429 g/mol. The van der Waals surface area contributed by atoms with Gasteiger partial charge in [-0.3, -0.25) is 4.39 Å². The van der Waals surface area contributed by atoms with Crippen LogP contribution in [0.1, 0.15) is 0 Å². The summed E-state index contributed by atoms with van der Waals surface area (Å²) in [6.45, 7) is 0. The molecular weight excluding hydrogens is 421 g/mol. The zero-order chi connectivity index (χ0) is 12.1. The van der Waals surface area contributed by atoms with Crippen LogP contribution in [-0.2, 0) is 20.1 Å². The number of rotatable bonds is 0. The zero-order valence-electron chi connectivity index (χ0n) is 9.59. The van der Waals surface area contributed by atoms with Crippen molar-refractivity contribution in [2.24, 2.45) is 0 Å². The maximum Gasteiger partial charge on any atom is 0.114 e. The number of aromatic nitrogens is 3. The van der Waals surface area contributed by atoms with Crippen LogP contribution in [0.5, 0.6) is 0 Å². The van der Waals surface area contributed by atoms with Gasteiger partial charge in [-0.25, -0.2) is 0 Å². The quantitative estimate of drug-likeness (QED) is 0.319. The van der Waals surface area contributed by atoms with E-state index in [0.717, 1.165) is 21.7 Å². The second-order valence-corrected chi connectivity index (χ2v) is 4.15. The molecule has 0 aliphatic carbocycles. The molecule has 0 aliphatic rings. The van der Waals surface area contributed by atoms with Crippen LogP contribution in [0.25, 0.3) is 27.3 Å².